The monoisotopic (exact) mass is 283 g/mol. The smallest absolute Gasteiger partial charge is 0.0546 e. The fraction of sp³-hybridized carbons (Fsp3) is 0.538. The van der Waals surface area contributed by atoms with Gasteiger partial charge in [-0.1, -0.05) is 34.1 Å². The van der Waals surface area contributed by atoms with Crippen molar-refractivity contribution in [2.75, 3.05) is 13.6 Å². The summed E-state index contributed by atoms with van der Waals surface area (Å²) in [5.74, 6) is 0.683. The molecule has 1 aliphatic carbocycles. The topological polar surface area (TPSA) is 23.5 Å². The summed E-state index contributed by atoms with van der Waals surface area (Å²) in [6.07, 6.45) is 1.91. The van der Waals surface area contributed by atoms with Gasteiger partial charge in [-0.05, 0) is 37.4 Å². The lowest BCUT2D eigenvalue weighted by Crippen LogP contribution is -2.36. The number of halogens is 1. The molecule has 1 aliphatic rings. The van der Waals surface area contributed by atoms with Crippen LogP contribution in [0.3, 0.4) is 0 Å². The van der Waals surface area contributed by atoms with Crippen molar-refractivity contribution in [2.24, 2.45) is 5.92 Å². The molecule has 2 rings (SSSR count). The van der Waals surface area contributed by atoms with E-state index in [9.17, 15) is 5.11 Å². The Morgan fingerprint density at radius 3 is 2.69 bits per heavy atom. The highest BCUT2D eigenvalue weighted by atomic mass is 79.9. The fourth-order valence-electron chi connectivity index (χ4n) is 2.27. The molecule has 1 saturated carbocycles. The van der Waals surface area contributed by atoms with E-state index in [1.54, 1.807) is 0 Å². The molecule has 3 heteroatoms. The van der Waals surface area contributed by atoms with Gasteiger partial charge in [0.2, 0.25) is 0 Å². The van der Waals surface area contributed by atoms with Gasteiger partial charge in [0, 0.05) is 17.6 Å². The van der Waals surface area contributed by atoms with Crippen LogP contribution in [0.4, 0.5) is 0 Å². The number of aliphatic hydroxyl groups is 1. The molecule has 0 spiro atoms. The molecule has 0 unspecified atom stereocenters. The van der Waals surface area contributed by atoms with Crippen molar-refractivity contribution < 1.29 is 5.11 Å². The number of benzene rings is 1. The molecule has 0 heterocycles. The molecule has 88 valence electrons. The molecule has 1 aromatic rings. The summed E-state index contributed by atoms with van der Waals surface area (Å²) >= 11 is 3.56. The van der Waals surface area contributed by atoms with Crippen LogP contribution in [0.25, 0.3) is 0 Å². The summed E-state index contributed by atoms with van der Waals surface area (Å²) in [7, 11) is 2.14. The Labute approximate surface area is 105 Å². The van der Waals surface area contributed by atoms with Crippen molar-refractivity contribution in [1.82, 2.24) is 4.90 Å². The van der Waals surface area contributed by atoms with E-state index in [0.717, 1.165) is 25.9 Å². The molecule has 1 aromatic carbocycles. The van der Waals surface area contributed by atoms with E-state index in [4.69, 9.17) is 0 Å². The fourth-order valence-corrected chi connectivity index (χ4v) is 2.68. The van der Waals surface area contributed by atoms with Gasteiger partial charge < -0.3 is 10.0 Å². The van der Waals surface area contributed by atoms with Crippen LogP contribution in [0, 0.1) is 5.92 Å². The lowest BCUT2D eigenvalue weighted by molar-refractivity contribution is 0.0273. The second-order valence-electron chi connectivity index (χ2n) is 4.78. The normalized spacial score (nSPS) is 24.5. The summed E-state index contributed by atoms with van der Waals surface area (Å²) in [4.78, 5) is 2.33. The first-order valence-corrected chi connectivity index (χ1v) is 6.54. The van der Waals surface area contributed by atoms with Crippen LogP contribution < -0.4 is 0 Å². The van der Waals surface area contributed by atoms with Crippen LogP contribution in [0.15, 0.2) is 28.7 Å². The highest BCUT2D eigenvalue weighted by molar-refractivity contribution is 9.10. The highest BCUT2D eigenvalue weighted by Crippen LogP contribution is 2.28. The Bertz CT molecular complexity index is 350. The van der Waals surface area contributed by atoms with Gasteiger partial charge in [0.15, 0.2) is 0 Å². The molecule has 0 aliphatic heterocycles. The van der Waals surface area contributed by atoms with Gasteiger partial charge in [0.05, 0.1) is 6.10 Å². The highest BCUT2D eigenvalue weighted by Gasteiger charge is 2.27. The molecule has 16 heavy (non-hydrogen) atoms. The van der Waals surface area contributed by atoms with Crippen molar-refractivity contribution in [1.29, 1.82) is 0 Å². The molecular formula is C13H18BrNO. The molecular weight excluding hydrogens is 266 g/mol. The van der Waals surface area contributed by atoms with Crippen LogP contribution in [0.5, 0.6) is 0 Å². The number of rotatable bonds is 4. The number of hydrogen-bond acceptors (Lipinski definition) is 2. The molecule has 0 saturated heterocycles. The zero-order chi connectivity index (χ0) is 11.5. The first kappa shape index (κ1) is 12.1. The maximum absolute atomic E-state index is 9.24. The zero-order valence-electron chi connectivity index (χ0n) is 9.56. The Kier molecular flexibility index (Phi) is 4.00. The second-order valence-corrected chi connectivity index (χ2v) is 5.63. The van der Waals surface area contributed by atoms with Crippen molar-refractivity contribution in [3.63, 3.8) is 0 Å². The Morgan fingerprint density at radius 1 is 1.38 bits per heavy atom. The molecule has 1 N–H and O–H groups in total. The Balaban J connectivity index is 1.83. The quantitative estimate of drug-likeness (QED) is 0.918. The third kappa shape index (κ3) is 3.06. The largest absolute Gasteiger partial charge is 0.393 e. The van der Waals surface area contributed by atoms with Gasteiger partial charge in [-0.15, -0.1) is 0 Å². The predicted molar refractivity (Wildman–Crippen MR) is 69.2 cm³/mol. The third-order valence-corrected chi connectivity index (χ3v) is 3.95. The molecule has 0 bridgehead atoms. The number of nitrogens with zero attached hydrogens (tertiary/aromatic N) is 1. The number of hydrogen-bond donors (Lipinski definition) is 1. The van der Waals surface area contributed by atoms with E-state index < -0.39 is 0 Å². The lowest BCUT2D eigenvalue weighted by atomic mass is 9.82. The van der Waals surface area contributed by atoms with Gasteiger partial charge >= 0.3 is 0 Å². The summed E-state index contributed by atoms with van der Waals surface area (Å²) in [6.45, 7) is 2.05. The van der Waals surface area contributed by atoms with E-state index >= 15 is 0 Å². The molecule has 1 fully saturated rings. The Hall–Kier alpha value is -0.380. The molecule has 0 aromatic heterocycles. The van der Waals surface area contributed by atoms with Gasteiger partial charge in [-0.2, -0.15) is 0 Å². The van der Waals surface area contributed by atoms with Gasteiger partial charge in [0.1, 0.15) is 0 Å². The first-order chi connectivity index (χ1) is 7.65. The van der Waals surface area contributed by atoms with Crippen molar-refractivity contribution in [2.45, 2.75) is 25.5 Å². The standard InChI is InChI=1S/C13H18BrNO/c1-15(8-10-6-12(16)7-10)9-11-4-2-3-5-13(11)14/h2-5,10,12,16H,6-9H2,1H3. The lowest BCUT2D eigenvalue weighted by Gasteiger charge is -2.34. The summed E-state index contributed by atoms with van der Waals surface area (Å²) in [5.41, 5.74) is 1.32. The molecule has 0 atom stereocenters. The summed E-state index contributed by atoms with van der Waals surface area (Å²) < 4.78 is 1.18. The van der Waals surface area contributed by atoms with E-state index in [1.165, 1.54) is 10.0 Å². The average Bonchev–Trinajstić information content (AvgIpc) is 2.19. The van der Waals surface area contributed by atoms with E-state index in [1.807, 2.05) is 6.07 Å². The minimum absolute atomic E-state index is 0.0399. The predicted octanol–water partition coefficient (Wildman–Crippen LogP) is 2.65. The van der Waals surface area contributed by atoms with Crippen LogP contribution in [0.2, 0.25) is 0 Å². The van der Waals surface area contributed by atoms with Crippen LogP contribution >= 0.6 is 15.9 Å². The second kappa shape index (κ2) is 5.30. The minimum Gasteiger partial charge on any atom is -0.393 e. The van der Waals surface area contributed by atoms with Crippen LogP contribution in [-0.4, -0.2) is 29.7 Å². The van der Waals surface area contributed by atoms with Crippen molar-refractivity contribution in [3.05, 3.63) is 34.3 Å². The molecule has 0 amide bonds. The number of aliphatic hydroxyl groups excluding tert-OH is 1. The zero-order valence-corrected chi connectivity index (χ0v) is 11.2. The van der Waals surface area contributed by atoms with E-state index in [-0.39, 0.29) is 6.10 Å². The van der Waals surface area contributed by atoms with Gasteiger partial charge in [0.25, 0.3) is 0 Å². The SMILES string of the molecule is CN(Cc1ccccc1Br)CC1CC(O)C1. The van der Waals surface area contributed by atoms with Crippen LogP contribution in [-0.2, 0) is 6.54 Å². The summed E-state index contributed by atoms with van der Waals surface area (Å²) in [5, 5.41) is 9.24. The maximum atomic E-state index is 9.24. The molecule has 2 nitrogen and oxygen atoms in total. The minimum atomic E-state index is -0.0399. The third-order valence-electron chi connectivity index (χ3n) is 3.18. The van der Waals surface area contributed by atoms with Crippen molar-refractivity contribution >= 4 is 15.9 Å². The average molecular weight is 284 g/mol. The summed E-state index contributed by atoms with van der Waals surface area (Å²) in [6, 6.07) is 8.34. The van der Waals surface area contributed by atoms with Crippen molar-refractivity contribution in [3.8, 4) is 0 Å². The van der Waals surface area contributed by atoms with E-state index in [0.29, 0.717) is 5.92 Å². The van der Waals surface area contributed by atoms with E-state index in [2.05, 4.69) is 46.1 Å². The molecule has 0 radical (unpaired) electrons. The van der Waals surface area contributed by atoms with Crippen LogP contribution in [0.1, 0.15) is 18.4 Å². The van der Waals surface area contributed by atoms with Gasteiger partial charge in [-0.25, -0.2) is 0 Å². The maximum Gasteiger partial charge on any atom is 0.0546 e. The Morgan fingerprint density at radius 2 is 2.06 bits per heavy atom. The van der Waals surface area contributed by atoms with Gasteiger partial charge in [-0.3, -0.25) is 0 Å². The first-order valence-electron chi connectivity index (χ1n) is 5.75.